The molecule has 0 amide bonds. The van der Waals surface area contributed by atoms with Crippen LogP contribution < -0.4 is 10.6 Å². The molecule has 2 aromatic carbocycles. The van der Waals surface area contributed by atoms with Crippen molar-refractivity contribution < 1.29 is 9.53 Å². The molecule has 6 nitrogen and oxygen atoms in total. The molecular weight excluding hydrogens is 316 g/mol. The van der Waals surface area contributed by atoms with Gasteiger partial charge in [0, 0.05) is 11.9 Å². The van der Waals surface area contributed by atoms with Crippen molar-refractivity contribution in [1.82, 2.24) is 9.97 Å². The summed E-state index contributed by atoms with van der Waals surface area (Å²) in [6, 6.07) is 18.6. The molecule has 1 heterocycles. The van der Waals surface area contributed by atoms with Crippen LogP contribution >= 0.6 is 0 Å². The molecule has 0 saturated carbocycles. The summed E-state index contributed by atoms with van der Waals surface area (Å²) in [5, 5.41) is 6.28. The summed E-state index contributed by atoms with van der Waals surface area (Å²) in [6.07, 6.45) is 1.65. The number of hydrogen-bond acceptors (Lipinski definition) is 6. The number of carbonyl (C=O) groups excluding carboxylic acids is 1. The Morgan fingerprint density at radius 1 is 1.00 bits per heavy atom. The largest absolute Gasteiger partial charge is 0.462 e. The van der Waals surface area contributed by atoms with Crippen molar-refractivity contribution in [2.75, 3.05) is 17.2 Å². The van der Waals surface area contributed by atoms with Gasteiger partial charge in [-0.2, -0.15) is 4.98 Å². The van der Waals surface area contributed by atoms with Gasteiger partial charge in [0.2, 0.25) is 5.95 Å². The van der Waals surface area contributed by atoms with Gasteiger partial charge in [-0.15, -0.1) is 0 Å². The Bertz CT molecular complexity index is 853. The Morgan fingerprint density at radius 3 is 2.56 bits per heavy atom. The highest BCUT2D eigenvalue weighted by molar-refractivity contribution is 5.96. The lowest BCUT2D eigenvalue weighted by molar-refractivity contribution is 0.0527. The summed E-state index contributed by atoms with van der Waals surface area (Å²) in [5.74, 6) is 0.652. The number of carbonyl (C=O) groups is 1. The number of aromatic nitrogens is 2. The molecular formula is C19H18N4O2. The van der Waals surface area contributed by atoms with Gasteiger partial charge in [-0.3, -0.25) is 0 Å². The van der Waals surface area contributed by atoms with Crippen LogP contribution in [-0.2, 0) is 4.74 Å². The Hall–Kier alpha value is -3.41. The molecule has 0 atom stereocenters. The van der Waals surface area contributed by atoms with E-state index in [4.69, 9.17) is 4.74 Å². The minimum absolute atomic E-state index is 0.320. The normalized spacial score (nSPS) is 10.1. The highest BCUT2D eigenvalue weighted by Gasteiger charge is 2.12. The van der Waals surface area contributed by atoms with Crippen LogP contribution in [0.4, 0.5) is 23.1 Å². The predicted molar refractivity (Wildman–Crippen MR) is 97.4 cm³/mol. The van der Waals surface area contributed by atoms with Crippen molar-refractivity contribution in [2.24, 2.45) is 0 Å². The van der Waals surface area contributed by atoms with Gasteiger partial charge in [0.25, 0.3) is 0 Å². The number of hydrogen-bond donors (Lipinski definition) is 2. The van der Waals surface area contributed by atoms with Crippen LogP contribution in [0.5, 0.6) is 0 Å². The maximum Gasteiger partial charge on any atom is 0.340 e. The summed E-state index contributed by atoms with van der Waals surface area (Å²) >= 11 is 0. The minimum atomic E-state index is -0.385. The molecule has 0 aliphatic heterocycles. The summed E-state index contributed by atoms with van der Waals surface area (Å²) in [6.45, 7) is 2.09. The number of nitrogens with one attached hydrogen (secondary N) is 2. The van der Waals surface area contributed by atoms with E-state index in [0.29, 0.717) is 29.6 Å². The number of nitrogens with zero attached hydrogens (tertiary/aromatic N) is 2. The maximum absolute atomic E-state index is 12.0. The van der Waals surface area contributed by atoms with Crippen molar-refractivity contribution >= 4 is 29.1 Å². The van der Waals surface area contributed by atoms with Gasteiger partial charge in [0.15, 0.2) is 0 Å². The third-order valence-corrected chi connectivity index (χ3v) is 3.37. The van der Waals surface area contributed by atoms with Gasteiger partial charge in [-0.25, -0.2) is 9.78 Å². The third-order valence-electron chi connectivity index (χ3n) is 3.37. The second-order valence-electron chi connectivity index (χ2n) is 5.15. The van der Waals surface area contributed by atoms with E-state index in [0.717, 1.165) is 5.69 Å². The Morgan fingerprint density at radius 2 is 1.76 bits per heavy atom. The first-order valence-electron chi connectivity index (χ1n) is 7.94. The molecule has 2 N–H and O–H groups in total. The molecule has 6 heteroatoms. The first-order valence-corrected chi connectivity index (χ1v) is 7.94. The maximum atomic E-state index is 12.0. The summed E-state index contributed by atoms with van der Waals surface area (Å²) in [5.41, 5.74) is 1.96. The molecule has 0 bridgehead atoms. The molecule has 3 aromatic rings. The summed E-state index contributed by atoms with van der Waals surface area (Å²) in [4.78, 5) is 20.7. The Kier molecular flexibility index (Phi) is 5.21. The van der Waals surface area contributed by atoms with E-state index >= 15 is 0 Å². The van der Waals surface area contributed by atoms with E-state index in [9.17, 15) is 4.79 Å². The number of ether oxygens (including phenoxy) is 1. The number of benzene rings is 2. The molecule has 0 unspecified atom stereocenters. The smallest absolute Gasteiger partial charge is 0.340 e. The zero-order valence-corrected chi connectivity index (χ0v) is 13.8. The van der Waals surface area contributed by atoms with Gasteiger partial charge in [-0.05, 0) is 37.3 Å². The number of esters is 1. The van der Waals surface area contributed by atoms with Gasteiger partial charge in [-0.1, -0.05) is 30.3 Å². The van der Waals surface area contributed by atoms with E-state index in [2.05, 4.69) is 20.6 Å². The van der Waals surface area contributed by atoms with Crippen LogP contribution in [0.3, 0.4) is 0 Å². The van der Waals surface area contributed by atoms with E-state index in [1.54, 1.807) is 37.4 Å². The molecule has 0 fully saturated rings. The zero-order chi connectivity index (χ0) is 17.5. The van der Waals surface area contributed by atoms with E-state index < -0.39 is 0 Å². The van der Waals surface area contributed by atoms with Crippen LogP contribution in [0.25, 0.3) is 0 Å². The highest BCUT2D eigenvalue weighted by atomic mass is 16.5. The lowest BCUT2D eigenvalue weighted by Crippen LogP contribution is -2.09. The van der Waals surface area contributed by atoms with Crippen LogP contribution in [0, 0.1) is 0 Å². The average Bonchev–Trinajstić information content (AvgIpc) is 2.63. The molecule has 0 aliphatic carbocycles. The lowest BCUT2D eigenvalue weighted by atomic mass is 10.2. The lowest BCUT2D eigenvalue weighted by Gasteiger charge is -2.11. The summed E-state index contributed by atoms with van der Waals surface area (Å²) in [7, 11) is 0. The van der Waals surface area contributed by atoms with Gasteiger partial charge in [0.05, 0.1) is 17.9 Å². The number of para-hydroxylation sites is 2. The van der Waals surface area contributed by atoms with Crippen molar-refractivity contribution in [3.05, 3.63) is 72.4 Å². The molecule has 0 aliphatic rings. The molecule has 0 spiro atoms. The first-order chi connectivity index (χ1) is 12.3. The van der Waals surface area contributed by atoms with Crippen LogP contribution in [0.2, 0.25) is 0 Å². The molecule has 25 heavy (non-hydrogen) atoms. The molecule has 0 radical (unpaired) electrons. The first kappa shape index (κ1) is 16.4. The van der Waals surface area contributed by atoms with Crippen LogP contribution in [0.15, 0.2) is 66.9 Å². The molecule has 1 aromatic heterocycles. The molecule has 126 valence electrons. The quantitative estimate of drug-likeness (QED) is 0.660. The zero-order valence-electron chi connectivity index (χ0n) is 13.8. The van der Waals surface area contributed by atoms with Crippen molar-refractivity contribution in [2.45, 2.75) is 6.92 Å². The molecule has 0 saturated heterocycles. The van der Waals surface area contributed by atoms with E-state index in [1.807, 2.05) is 36.4 Å². The standard InChI is InChI=1S/C19H18N4O2/c1-2-25-18(24)15-10-6-7-11-16(15)22-19-20-13-12-17(23-19)21-14-8-4-3-5-9-14/h3-13H,2H2,1H3,(H2,20,21,22,23). The van der Waals surface area contributed by atoms with Crippen molar-refractivity contribution in [1.29, 1.82) is 0 Å². The van der Waals surface area contributed by atoms with Crippen molar-refractivity contribution in [3.63, 3.8) is 0 Å². The second kappa shape index (κ2) is 7.92. The monoisotopic (exact) mass is 334 g/mol. The predicted octanol–water partition coefficient (Wildman–Crippen LogP) is 4.14. The fourth-order valence-electron chi connectivity index (χ4n) is 2.26. The Labute approximate surface area is 145 Å². The topological polar surface area (TPSA) is 76.1 Å². The highest BCUT2D eigenvalue weighted by Crippen LogP contribution is 2.21. The van der Waals surface area contributed by atoms with Gasteiger partial charge >= 0.3 is 5.97 Å². The second-order valence-corrected chi connectivity index (χ2v) is 5.15. The molecule has 3 rings (SSSR count). The van der Waals surface area contributed by atoms with Gasteiger partial charge in [0.1, 0.15) is 5.82 Å². The third kappa shape index (κ3) is 4.32. The van der Waals surface area contributed by atoms with E-state index in [1.165, 1.54) is 0 Å². The fraction of sp³-hybridized carbons (Fsp3) is 0.105. The van der Waals surface area contributed by atoms with Crippen molar-refractivity contribution in [3.8, 4) is 0 Å². The average molecular weight is 334 g/mol. The summed E-state index contributed by atoms with van der Waals surface area (Å²) < 4.78 is 5.08. The number of rotatable bonds is 6. The van der Waals surface area contributed by atoms with E-state index in [-0.39, 0.29) is 5.97 Å². The van der Waals surface area contributed by atoms with Crippen LogP contribution in [0.1, 0.15) is 17.3 Å². The number of anilines is 4. The Balaban J connectivity index is 1.80. The SMILES string of the molecule is CCOC(=O)c1ccccc1Nc1nccc(Nc2ccccc2)n1. The minimum Gasteiger partial charge on any atom is -0.462 e. The van der Waals surface area contributed by atoms with Crippen LogP contribution in [-0.4, -0.2) is 22.5 Å². The fourth-order valence-corrected chi connectivity index (χ4v) is 2.26. The van der Waals surface area contributed by atoms with Gasteiger partial charge < -0.3 is 15.4 Å².